The second-order valence-corrected chi connectivity index (χ2v) is 8.85. The Morgan fingerprint density at radius 1 is 1.18 bits per heavy atom. The minimum atomic E-state index is -0.426. The van der Waals surface area contributed by atoms with Crippen LogP contribution in [0.4, 0.5) is 0 Å². The van der Waals surface area contributed by atoms with E-state index >= 15 is 0 Å². The smallest absolute Gasteiger partial charge is 0.257 e. The highest BCUT2D eigenvalue weighted by Crippen LogP contribution is 2.32. The number of carbonyl (C=O) groups is 2. The van der Waals surface area contributed by atoms with E-state index in [0.29, 0.717) is 41.1 Å². The van der Waals surface area contributed by atoms with Gasteiger partial charge in [0.05, 0.1) is 35.9 Å². The number of benzene rings is 2. The van der Waals surface area contributed by atoms with Crippen molar-refractivity contribution in [1.82, 2.24) is 20.2 Å². The number of para-hydroxylation sites is 1. The second-order valence-electron chi connectivity index (χ2n) is 8.85. The van der Waals surface area contributed by atoms with Gasteiger partial charge in [-0.2, -0.15) is 0 Å². The lowest BCUT2D eigenvalue weighted by molar-refractivity contribution is 0.0732. The van der Waals surface area contributed by atoms with Crippen molar-refractivity contribution in [3.63, 3.8) is 0 Å². The number of aromatic nitrogens is 2. The number of phenolic OH excluding ortho intramolecular Hbond substituents is 1. The Morgan fingerprint density at radius 2 is 2.03 bits per heavy atom. The number of ether oxygens (including phenoxy) is 1. The summed E-state index contributed by atoms with van der Waals surface area (Å²) < 4.78 is 5.66. The van der Waals surface area contributed by atoms with Gasteiger partial charge in [-0.15, -0.1) is 0 Å². The molecule has 0 bridgehead atoms. The molecule has 1 aliphatic carbocycles. The average Bonchev–Trinajstić information content (AvgIpc) is 3.15. The summed E-state index contributed by atoms with van der Waals surface area (Å²) in [4.78, 5) is 35.3. The number of hydrogen-bond acceptors (Lipinski definition) is 6. The summed E-state index contributed by atoms with van der Waals surface area (Å²) in [6, 6.07) is 8.43. The molecular formula is C25H28N4O5. The van der Waals surface area contributed by atoms with E-state index in [1.807, 2.05) is 6.07 Å². The minimum absolute atomic E-state index is 0.0813. The molecule has 2 heterocycles. The molecule has 0 radical (unpaired) electrons. The maximum absolute atomic E-state index is 13.3. The highest BCUT2D eigenvalue weighted by atomic mass is 16.5. The van der Waals surface area contributed by atoms with E-state index in [1.165, 1.54) is 0 Å². The Balaban J connectivity index is 1.34. The van der Waals surface area contributed by atoms with Crippen molar-refractivity contribution in [1.29, 1.82) is 0 Å². The zero-order valence-electron chi connectivity index (χ0n) is 18.8. The minimum Gasteiger partial charge on any atom is -0.507 e. The molecular weight excluding hydrogens is 436 g/mol. The predicted octanol–water partition coefficient (Wildman–Crippen LogP) is 1.91. The zero-order chi connectivity index (χ0) is 23.7. The van der Waals surface area contributed by atoms with Crippen molar-refractivity contribution in [3.05, 3.63) is 58.4 Å². The van der Waals surface area contributed by atoms with Gasteiger partial charge in [0.25, 0.3) is 11.8 Å². The Bertz CT molecular complexity index is 1240. The number of amides is 2. The molecule has 1 atom stereocenters. The number of aliphatic hydroxyl groups excluding tert-OH is 1. The number of carbonyl (C=O) groups excluding carboxylic acids is 2. The second kappa shape index (κ2) is 9.44. The van der Waals surface area contributed by atoms with Crippen LogP contribution in [0.3, 0.4) is 0 Å². The number of aromatic hydroxyl groups is 1. The molecule has 1 aliphatic heterocycles. The van der Waals surface area contributed by atoms with Crippen LogP contribution in [0.15, 0.2) is 30.3 Å². The number of phenols is 1. The van der Waals surface area contributed by atoms with E-state index in [9.17, 15) is 19.8 Å². The summed E-state index contributed by atoms with van der Waals surface area (Å²) >= 11 is 0. The van der Waals surface area contributed by atoms with Gasteiger partial charge in [0, 0.05) is 13.1 Å². The molecule has 1 unspecified atom stereocenters. The topological polar surface area (TPSA) is 128 Å². The molecule has 34 heavy (non-hydrogen) atoms. The molecule has 3 aromatic rings. The molecule has 1 aromatic heterocycles. The van der Waals surface area contributed by atoms with Crippen molar-refractivity contribution in [2.24, 2.45) is 0 Å². The van der Waals surface area contributed by atoms with Crippen molar-refractivity contribution in [2.45, 2.75) is 38.3 Å². The lowest BCUT2D eigenvalue weighted by atomic mass is 9.89. The molecule has 2 aromatic carbocycles. The third-order valence-electron chi connectivity index (χ3n) is 6.58. The van der Waals surface area contributed by atoms with E-state index < -0.39 is 6.04 Å². The van der Waals surface area contributed by atoms with Crippen LogP contribution in [0.25, 0.3) is 11.0 Å². The van der Waals surface area contributed by atoms with Gasteiger partial charge in [-0.25, -0.2) is 4.98 Å². The van der Waals surface area contributed by atoms with Crippen LogP contribution in [-0.4, -0.2) is 69.2 Å². The first-order valence-corrected chi connectivity index (χ1v) is 11.6. The number of nitrogens with zero attached hydrogens (tertiary/aromatic N) is 2. The van der Waals surface area contributed by atoms with Crippen molar-refractivity contribution in [3.8, 4) is 5.75 Å². The molecule has 0 saturated carbocycles. The zero-order valence-corrected chi connectivity index (χ0v) is 18.8. The summed E-state index contributed by atoms with van der Waals surface area (Å²) in [6.45, 7) is 0.998. The van der Waals surface area contributed by atoms with Crippen molar-refractivity contribution >= 4 is 22.8 Å². The first kappa shape index (κ1) is 22.4. The van der Waals surface area contributed by atoms with Gasteiger partial charge >= 0.3 is 0 Å². The Hall–Kier alpha value is -3.43. The standard InChI is InChI=1S/C25H28N4O5/c30-13-21-27-20-7-3-6-18(22(20)28-21)24(32)26-16-12-29(10-11-34-14-16)25(33)19-9-8-15-4-1-2-5-17(15)23(19)31/h3,6-9,16,30-31H,1-2,4-5,10-14H2,(H,26,32)(H,27,28). The summed E-state index contributed by atoms with van der Waals surface area (Å²) in [5.41, 5.74) is 3.80. The number of aliphatic hydroxyl groups is 1. The van der Waals surface area contributed by atoms with E-state index in [2.05, 4.69) is 15.3 Å². The predicted molar refractivity (Wildman–Crippen MR) is 125 cm³/mol. The van der Waals surface area contributed by atoms with E-state index in [0.717, 1.165) is 36.8 Å². The van der Waals surface area contributed by atoms with E-state index in [-0.39, 0.29) is 37.3 Å². The van der Waals surface area contributed by atoms with Crippen LogP contribution in [0, 0.1) is 0 Å². The number of fused-ring (bicyclic) bond motifs is 2. The number of H-pyrrole nitrogens is 1. The summed E-state index contributed by atoms with van der Waals surface area (Å²) in [5.74, 6) is -0.133. The highest BCUT2D eigenvalue weighted by Gasteiger charge is 2.28. The van der Waals surface area contributed by atoms with E-state index in [1.54, 1.807) is 29.2 Å². The fraction of sp³-hybridized carbons (Fsp3) is 0.400. The van der Waals surface area contributed by atoms with Gasteiger partial charge in [-0.1, -0.05) is 12.1 Å². The molecule has 2 amide bonds. The molecule has 1 fully saturated rings. The third kappa shape index (κ3) is 4.24. The molecule has 5 rings (SSSR count). The Labute approximate surface area is 196 Å². The first-order valence-electron chi connectivity index (χ1n) is 11.6. The van der Waals surface area contributed by atoms with Gasteiger partial charge in [0.2, 0.25) is 0 Å². The van der Waals surface area contributed by atoms with Crippen LogP contribution < -0.4 is 5.32 Å². The van der Waals surface area contributed by atoms with Crippen LogP contribution in [-0.2, 0) is 24.2 Å². The summed E-state index contributed by atoms with van der Waals surface area (Å²) in [5, 5.41) is 23.1. The number of nitrogens with one attached hydrogen (secondary N) is 2. The SMILES string of the molecule is O=C(NC1COCCN(C(=O)c2ccc3c(c2O)CCCC3)C1)c1cccc2[nH]c(CO)nc12. The van der Waals surface area contributed by atoms with Gasteiger partial charge < -0.3 is 30.2 Å². The number of rotatable bonds is 4. The number of aryl methyl sites for hydroxylation is 1. The average molecular weight is 465 g/mol. The van der Waals surface area contributed by atoms with Gasteiger partial charge in [-0.3, -0.25) is 9.59 Å². The van der Waals surface area contributed by atoms with Crippen LogP contribution in [0.2, 0.25) is 0 Å². The molecule has 178 valence electrons. The lowest BCUT2D eigenvalue weighted by Gasteiger charge is -2.26. The fourth-order valence-corrected chi connectivity index (χ4v) is 4.84. The summed E-state index contributed by atoms with van der Waals surface area (Å²) in [7, 11) is 0. The third-order valence-corrected chi connectivity index (χ3v) is 6.58. The van der Waals surface area contributed by atoms with Gasteiger partial charge in [-0.05, 0) is 55.0 Å². The Morgan fingerprint density at radius 3 is 2.88 bits per heavy atom. The molecule has 2 aliphatic rings. The van der Waals surface area contributed by atoms with Crippen molar-refractivity contribution < 1.29 is 24.5 Å². The maximum Gasteiger partial charge on any atom is 0.257 e. The van der Waals surface area contributed by atoms with Gasteiger partial charge in [0.1, 0.15) is 23.7 Å². The number of hydrogen-bond donors (Lipinski definition) is 4. The van der Waals surface area contributed by atoms with Crippen LogP contribution >= 0.6 is 0 Å². The molecule has 9 heteroatoms. The Kier molecular flexibility index (Phi) is 6.21. The summed E-state index contributed by atoms with van der Waals surface area (Å²) in [6.07, 6.45) is 3.80. The quantitative estimate of drug-likeness (QED) is 0.467. The van der Waals surface area contributed by atoms with Crippen LogP contribution in [0.1, 0.15) is 50.5 Å². The molecule has 9 nitrogen and oxygen atoms in total. The monoisotopic (exact) mass is 464 g/mol. The van der Waals surface area contributed by atoms with Crippen molar-refractivity contribution in [2.75, 3.05) is 26.3 Å². The van der Waals surface area contributed by atoms with Crippen LogP contribution in [0.5, 0.6) is 5.75 Å². The fourth-order valence-electron chi connectivity index (χ4n) is 4.84. The molecule has 1 saturated heterocycles. The maximum atomic E-state index is 13.3. The van der Waals surface area contributed by atoms with E-state index in [4.69, 9.17) is 4.74 Å². The van der Waals surface area contributed by atoms with Gasteiger partial charge in [0.15, 0.2) is 0 Å². The number of imidazole rings is 1. The highest BCUT2D eigenvalue weighted by molar-refractivity contribution is 6.05. The number of aromatic amines is 1. The first-order chi connectivity index (χ1) is 16.5. The largest absolute Gasteiger partial charge is 0.507 e. The normalized spacial score (nSPS) is 18.4. The lowest BCUT2D eigenvalue weighted by Crippen LogP contribution is -2.46. The molecule has 4 N–H and O–H groups in total. The molecule has 0 spiro atoms.